The number of hydrogen-bond acceptors (Lipinski definition) is 6. The van der Waals surface area contributed by atoms with Crippen LogP contribution in [0.1, 0.15) is 25.1 Å². The molecule has 0 bridgehead atoms. The van der Waals surface area contributed by atoms with Gasteiger partial charge in [0, 0.05) is 54.6 Å². The molecular weight excluding hydrogens is 505 g/mol. The lowest BCUT2D eigenvalue weighted by Crippen LogP contribution is -2.21. The Morgan fingerprint density at radius 3 is 2.83 bits per heavy atom. The molecule has 0 aliphatic rings. The number of hydrogen-bond donors (Lipinski definition) is 3. The van der Waals surface area contributed by atoms with Gasteiger partial charge in [-0.1, -0.05) is 19.6 Å². The highest BCUT2D eigenvalue weighted by molar-refractivity contribution is 5.91. The van der Waals surface area contributed by atoms with Gasteiger partial charge in [0.15, 0.2) is 5.82 Å². The number of nitrogens with one attached hydrogen (secondary N) is 3. The third-order valence-corrected chi connectivity index (χ3v) is 6.75. The second kappa shape index (κ2) is 11.3. The third kappa shape index (κ3) is 5.57. The molecule has 0 unspecified atom stereocenters. The number of likely N-dealkylation sites (N-methyl/N-ethyl adjacent to an activating group) is 1. The summed E-state index contributed by atoms with van der Waals surface area (Å²) in [6.07, 6.45) is 8.59. The van der Waals surface area contributed by atoms with E-state index in [1.165, 1.54) is 12.1 Å². The third-order valence-electron chi connectivity index (χ3n) is 6.75. The Kier molecular flexibility index (Phi) is 7.61. The van der Waals surface area contributed by atoms with Gasteiger partial charge < -0.3 is 15.2 Å². The lowest BCUT2D eigenvalue weighted by Gasteiger charge is -2.12. The van der Waals surface area contributed by atoms with Crippen molar-refractivity contribution in [3.63, 3.8) is 0 Å². The van der Waals surface area contributed by atoms with E-state index in [4.69, 9.17) is 4.98 Å². The van der Waals surface area contributed by atoms with E-state index in [2.05, 4.69) is 55.9 Å². The Bertz CT molecular complexity index is 1810. The smallest absolute Gasteiger partial charge is 0.159 e. The van der Waals surface area contributed by atoms with Crippen LogP contribution < -0.4 is 15.9 Å². The van der Waals surface area contributed by atoms with Crippen LogP contribution in [0.25, 0.3) is 52.0 Å². The van der Waals surface area contributed by atoms with Crippen LogP contribution in [-0.4, -0.2) is 67.0 Å². The lowest BCUT2D eigenvalue weighted by molar-refractivity contribution is 0.425. The molecule has 10 heteroatoms. The first-order valence-electron chi connectivity index (χ1n) is 13.2. The summed E-state index contributed by atoms with van der Waals surface area (Å²) in [5.74, 6) is 0.222. The zero-order valence-corrected chi connectivity index (χ0v) is 23.5. The monoisotopic (exact) mass is 539 g/mol. The molecule has 0 spiro atoms. The number of nitrogens with zero attached hydrogens (tertiary/aromatic N) is 6. The number of fused-ring (bicyclic) bond motifs is 1. The first-order chi connectivity index (χ1) is 19.2. The van der Waals surface area contributed by atoms with Crippen molar-refractivity contribution in [2.45, 2.75) is 20.3 Å². The normalized spacial score (nSPS) is 12.7. The molecule has 5 rings (SSSR count). The number of allylic oxidation sites excluding steroid dienone is 2. The Labute approximate surface area is 232 Å². The Hall–Kier alpha value is -4.57. The summed E-state index contributed by atoms with van der Waals surface area (Å²) in [7, 11) is 5.93. The molecule has 0 aliphatic heterocycles. The van der Waals surface area contributed by atoms with Gasteiger partial charge >= 0.3 is 0 Å². The first kappa shape index (κ1) is 27.0. The minimum Gasteiger partial charge on any atom is -0.384 e. The van der Waals surface area contributed by atoms with Gasteiger partial charge in [0.25, 0.3) is 0 Å². The summed E-state index contributed by atoms with van der Waals surface area (Å²) >= 11 is 0. The number of H-pyrrole nitrogens is 2. The topological polar surface area (TPSA) is 103 Å². The number of anilines is 1. The zero-order valence-electron chi connectivity index (χ0n) is 23.5. The minimum absolute atomic E-state index is 0.340. The van der Waals surface area contributed by atoms with Crippen molar-refractivity contribution in [2.75, 3.05) is 32.5 Å². The molecule has 4 heterocycles. The average Bonchev–Trinajstić information content (AvgIpc) is 3.62. The highest BCUT2D eigenvalue weighted by atomic mass is 19.1. The molecule has 0 fully saturated rings. The average molecular weight is 540 g/mol. The standard InChI is InChI=1S/C30H34FN9/c1-7-24-23(17-40(6)38-24)18(2)8-9-25-19(3)27(37-36-25)30-34-26-10-11-33-28(29(26)35-30)20-14-21(31)16-22(15-20)32-12-13-39(4)5/h8-11,14-17,32,36H,3,7,12-13H2,1-2,4-6H3,(H,34,35)/b18-8+,25-9+. The van der Waals surface area contributed by atoms with Gasteiger partial charge in [0.05, 0.1) is 22.3 Å². The van der Waals surface area contributed by atoms with Gasteiger partial charge in [-0.15, -0.1) is 0 Å². The molecule has 206 valence electrons. The number of pyridine rings is 1. The highest BCUT2D eigenvalue weighted by Crippen LogP contribution is 2.29. The van der Waals surface area contributed by atoms with Gasteiger partial charge in [0.1, 0.15) is 17.0 Å². The van der Waals surface area contributed by atoms with E-state index in [9.17, 15) is 4.39 Å². The largest absolute Gasteiger partial charge is 0.384 e. The van der Waals surface area contributed by atoms with Gasteiger partial charge in [-0.3, -0.25) is 14.8 Å². The fraction of sp³-hybridized carbons (Fsp3) is 0.267. The predicted octanol–water partition coefficient (Wildman–Crippen LogP) is 3.72. The fourth-order valence-electron chi connectivity index (χ4n) is 4.65. The molecule has 5 aromatic rings. The molecule has 40 heavy (non-hydrogen) atoms. The number of halogens is 1. The molecule has 9 nitrogen and oxygen atoms in total. The second-order valence-electron chi connectivity index (χ2n) is 10.1. The molecule has 0 radical (unpaired) electrons. The highest BCUT2D eigenvalue weighted by Gasteiger charge is 2.15. The summed E-state index contributed by atoms with van der Waals surface area (Å²) in [4.78, 5) is 14.8. The number of aryl methyl sites for hydroxylation is 2. The number of aromatic amines is 2. The Balaban J connectivity index is 1.48. The van der Waals surface area contributed by atoms with Crippen molar-refractivity contribution in [2.24, 2.45) is 7.05 Å². The summed E-state index contributed by atoms with van der Waals surface area (Å²) in [5.41, 5.74) is 7.23. The zero-order chi connectivity index (χ0) is 28.4. The summed E-state index contributed by atoms with van der Waals surface area (Å²) in [6.45, 7) is 9.95. The van der Waals surface area contributed by atoms with Crippen molar-refractivity contribution < 1.29 is 4.39 Å². The van der Waals surface area contributed by atoms with E-state index < -0.39 is 0 Å². The van der Waals surface area contributed by atoms with Gasteiger partial charge in [-0.25, -0.2) is 9.37 Å². The molecule has 0 atom stereocenters. The van der Waals surface area contributed by atoms with Crippen LogP contribution in [0, 0.1) is 5.82 Å². The maximum Gasteiger partial charge on any atom is 0.159 e. The lowest BCUT2D eigenvalue weighted by atomic mass is 10.1. The van der Waals surface area contributed by atoms with Crippen LogP contribution in [0.2, 0.25) is 0 Å². The number of rotatable bonds is 9. The summed E-state index contributed by atoms with van der Waals surface area (Å²) in [6, 6.07) is 6.70. The summed E-state index contributed by atoms with van der Waals surface area (Å²) in [5, 5.41) is 16.9. The van der Waals surface area contributed by atoms with Crippen molar-refractivity contribution in [3.05, 3.63) is 70.4 Å². The molecule has 0 amide bonds. The molecule has 0 saturated carbocycles. The minimum atomic E-state index is -0.340. The van der Waals surface area contributed by atoms with E-state index in [1.807, 2.05) is 56.3 Å². The first-order valence-corrected chi connectivity index (χ1v) is 13.2. The van der Waals surface area contributed by atoms with Crippen molar-refractivity contribution in [1.82, 2.24) is 39.8 Å². The van der Waals surface area contributed by atoms with E-state index in [1.54, 1.807) is 6.20 Å². The predicted molar refractivity (Wildman–Crippen MR) is 159 cm³/mol. The summed E-state index contributed by atoms with van der Waals surface area (Å²) < 4.78 is 16.4. The molecule has 1 aromatic carbocycles. The van der Waals surface area contributed by atoms with Crippen LogP contribution in [0.4, 0.5) is 10.1 Å². The molecular formula is C30H34FN9. The van der Waals surface area contributed by atoms with Crippen molar-refractivity contribution in [3.8, 4) is 22.8 Å². The molecule has 4 aromatic heterocycles. The van der Waals surface area contributed by atoms with Crippen LogP contribution in [0.3, 0.4) is 0 Å². The van der Waals surface area contributed by atoms with E-state index in [0.29, 0.717) is 40.5 Å². The van der Waals surface area contributed by atoms with Crippen molar-refractivity contribution in [1.29, 1.82) is 0 Å². The van der Waals surface area contributed by atoms with E-state index >= 15 is 0 Å². The van der Waals surface area contributed by atoms with Crippen LogP contribution >= 0.6 is 0 Å². The number of benzene rings is 1. The second-order valence-corrected chi connectivity index (χ2v) is 10.1. The Morgan fingerprint density at radius 1 is 1.23 bits per heavy atom. The molecule has 0 aliphatic carbocycles. The van der Waals surface area contributed by atoms with Gasteiger partial charge in [-0.2, -0.15) is 10.2 Å². The SMILES string of the molecule is C=c1c(-c2nc3c(-c4cc(F)cc(NCCN(C)C)c4)nccc3[nH]2)n[nH]/c1=C/C=C(\C)c1cn(C)nc1CC. The maximum atomic E-state index is 14.6. The quantitative estimate of drug-likeness (QED) is 0.264. The van der Waals surface area contributed by atoms with E-state index in [-0.39, 0.29) is 5.82 Å². The van der Waals surface area contributed by atoms with Crippen LogP contribution in [0.5, 0.6) is 0 Å². The van der Waals surface area contributed by atoms with Crippen molar-refractivity contribution >= 4 is 34.9 Å². The number of imidazole rings is 1. The van der Waals surface area contributed by atoms with Crippen LogP contribution in [-0.2, 0) is 13.5 Å². The fourth-order valence-corrected chi connectivity index (χ4v) is 4.65. The van der Waals surface area contributed by atoms with Gasteiger partial charge in [-0.05, 0) is 63.4 Å². The Morgan fingerprint density at radius 2 is 2.05 bits per heavy atom. The van der Waals surface area contributed by atoms with Gasteiger partial charge in [0.2, 0.25) is 0 Å². The van der Waals surface area contributed by atoms with E-state index in [0.717, 1.165) is 45.9 Å². The maximum absolute atomic E-state index is 14.6. The molecule has 0 saturated heterocycles. The van der Waals surface area contributed by atoms with Crippen LogP contribution in [0.15, 0.2) is 42.7 Å². The molecule has 3 N–H and O–H groups in total. The number of aromatic nitrogens is 7.